The second-order valence-electron chi connectivity index (χ2n) is 6.92. The zero-order valence-corrected chi connectivity index (χ0v) is 20.8. The third-order valence-corrected chi connectivity index (χ3v) is 7.06. The van der Waals surface area contributed by atoms with Gasteiger partial charge in [-0.3, -0.25) is 9.69 Å². The molecule has 3 aromatic rings. The van der Waals surface area contributed by atoms with E-state index >= 15 is 0 Å². The number of rotatable bonds is 5. The molecule has 0 N–H and O–H groups in total. The zero-order chi connectivity index (χ0) is 23.5. The van der Waals surface area contributed by atoms with Crippen LogP contribution in [-0.4, -0.2) is 35.6 Å². The van der Waals surface area contributed by atoms with Gasteiger partial charge in [-0.15, -0.1) is 0 Å². The molecule has 1 aromatic heterocycles. The highest BCUT2D eigenvalue weighted by Crippen LogP contribution is 2.36. The Hall–Kier alpha value is -2.81. The molecule has 9 heteroatoms. The highest BCUT2D eigenvalue weighted by molar-refractivity contribution is 9.10. The standard InChI is InChI=1S/C24H18BrClN2O4S/c1-3-28-22(29)21(33-24(28)27-16-8-10-18(25)19(26)12-16)13-17-9-11-20(32-17)14-4-6-15(7-5-14)23(30)31-2/h4-13H,3H2,1-2H3/b21-13-,27-24?. The number of thioether (sulfide) groups is 1. The van der Waals surface area contributed by atoms with Gasteiger partial charge in [0.05, 0.1) is 28.3 Å². The van der Waals surface area contributed by atoms with Gasteiger partial charge in [-0.2, -0.15) is 0 Å². The summed E-state index contributed by atoms with van der Waals surface area (Å²) in [5.74, 6) is 0.637. The number of likely N-dealkylation sites (N-methyl/N-ethyl adjacent to an activating group) is 1. The van der Waals surface area contributed by atoms with E-state index in [1.54, 1.807) is 47.4 Å². The van der Waals surface area contributed by atoms with Gasteiger partial charge >= 0.3 is 5.97 Å². The molecule has 0 bridgehead atoms. The summed E-state index contributed by atoms with van der Waals surface area (Å²) in [5, 5.41) is 1.13. The summed E-state index contributed by atoms with van der Waals surface area (Å²) in [6.45, 7) is 2.39. The number of halogens is 2. The summed E-state index contributed by atoms with van der Waals surface area (Å²) < 4.78 is 11.4. The molecular weight excluding hydrogens is 528 g/mol. The van der Waals surface area contributed by atoms with Crippen molar-refractivity contribution in [2.24, 2.45) is 4.99 Å². The monoisotopic (exact) mass is 544 g/mol. The molecule has 168 valence electrons. The molecule has 1 aliphatic rings. The van der Waals surface area contributed by atoms with Gasteiger partial charge in [0.2, 0.25) is 0 Å². The van der Waals surface area contributed by atoms with E-state index < -0.39 is 5.97 Å². The summed E-state index contributed by atoms with van der Waals surface area (Å²) >= 11 is 10.8. The van der Waals surface area contributed by atoms with Crippen molar-refractivity contribution in [3.05, 3.63) is 80.3 Å². The molecular formula is C24H18BrClN2O4S. The minimum atomic E-state index is -0.397. The number of aliphatic imine (C=N–C) groups is 1. The van der Waals surface area contributed by atoms with Crippen molar-refractivity contribution in [2.45, 2.75) is 6.92 Å². The van der Waals surface area contributed by atoms with Crippen molar-refractivity contribution in [1.82, 2.24) is 4.90 Å². The van der Waals surface area contributed by atoms with Gasteiger partial charge in [-0.05, 0) is 77.1 Å². The molecule has 0 saturated carbocycles. The second-order valence-corrected chi connectivity index (χ2v) is 9.19. The Bertz CT molecular complexity index is 1280. The van der Waals surface area contributed by atoms with E-state index in [-0.39, 0.29) is 5.91 Å². The zero-order valence-electron chi connectivity index (χ0n) is 17.7. The number of benzene rings is 2. The second kappa shape index (κ2) is 9.99. The lowest BCUT2D eigenvalue weighted by Crippen LogP contribution is -2.28. The maximum absolute atomic E-state index is 12.9. The Balaban J connectivity index is 1.57. The van der Waals surface area contributed by atoms with E-state index in [0.717, 1.165) is 10.0 Å². The fourth-order valence-corrected chi connectivity index (χ4v) is 4.60. The summed E-state index contributed by atoms with van der Waals surface area (Å²) in [7, 11) is 1.34. The normalized spacial score (nSPS) is 16.1. The van der Waals surface area contributed by atoms with Crippen LogP contribution in [-0.2, 0) is 9.53 Å². The maximum Gasteiger partial charge on any atom is 0.337 e. The number of amidine groups is 1. The first kappa shape index (κ1) is 23.4. The fraction of sp³-hybridized carbons (Fsp3) is 0.125. The number of methoxy groups -OCH3 is 1. The number of furan rings is 1. The molecule has 0 radical (unpaired) electrons. The third-order valence-electron chi connectivity index (χ3n) is 4.82. The average molecular weight is 546 g/mol. The van der Waals surface area contributed by atoms with Crippen LogP contribution in [0.25, 0.3) is 17.4 Å². The first-order valence-corrected chi connectivity index (χ1v) is 11.9. The quantitative estimate of drug-likeness (QED) is 0.261. The van der Waals surface area contributed by atoms with E-state index in [4.69, 9.17) is 20.8 Å². The van der Waals surface area contributed by atoms with E-state index in [1.165, 1.54) is 18.9 Å². The predicted octanol–water partition coefficient (Wildman–Crippen LogP) is 6.77. The van der Waals surface area contributed by atoms with Crippen molar-refractivity contribution < 1.29 is 18.7 Å². The lowest BCUT2D eigenvalue weighted by Gasteiger charge is -2.12. The molecule has 1 aliphatic heterocycles. The van der Waals surface area contributed by atoms with Crippen molar-refractivity contribution in [3.63, 3.8) is 0 Å². The van der Waals surface area contributed by atoms with Crippen molar-refractivity contribution in [3.8, 4) is 11.3 Å². The molecule has 33 heavy (non-hydrogen) atoms. The Morgan fingerprint density at radius 3 is 2.64 bits per heavy atom. The fourth-order valence-electron chi connectivity index (χ4n) is 3.14. The molecule has 2 aromatic carbocycles. The minimum absolute atomic E-state index is 0.134. The van der Waals surface area contributed by atoms with E-state index in [9.17, 15) is 9.59 Å². The molecule has 0 spiro atoms. The lowest BCUT2D eigenvalue weighted by atomic mass is 10.1. The number of carbonyl (C=O) groups is 2. The van der Waals surface area contributed by atoms with Gasteiger partial charge < -0.3 is 9.15 Å². The number of carbonyl (C=O) groups excluding carboxylic acids is 2. The molecule has 1 saturated heterocycles. The Morgan fingerprint density at radius 1 is 1.21 bits per heavy atom. The van der Waals surface area contributed by atoms with Gasteiger partial charge in [-0.25, -0.2) is 9.79 Å². The maximum atomic E-state index is 12.9. The third kappa shape index (κ3) is 5.08. The SMILES string of the molecule is CCN1C(=O)/C(=C/c2ccc(-c3ccc(C(=O)OC)cc3)o2)SC1=Nc1ccc(Br)c(Cl)c1. The highest BCUT2D eigenvalue weighted by atomic mass is 79.9. The lowest BCUT2D eigenvalue weighted by molar-refractivity contribution is -0.122. The smallest absolute Gasteiger partial charge is 0.337 e. The Kier molecular flexibility index (Phi) is 7.07. The number of amides is 1. The summed E-state index contributed by atoms with van der Waals surface area (Å²) in [6, 6.07) is 15.9. The Labute approximate surface area is 208 Å². The van der Waals surface area contributed by atoms with Gasteiger partial charge in [0.15, 0.2) is 5.17 Å². The van der Waals surface area contributed by atoms with Crippen molar-refractivity contribution >= 4 is 68.1 Å². The van der Waals surface area contributed by atoms with Crippen molar-refractivity contribution in [1.29, 1.82) is 0 Å². The summed E-state index contributed by atoms with van der Waals surface area (Å²) in [4.78, 5) is 31.2. The molecule has 1 fully saturated rings. The van der Waals surface area contributed by atoms with Crippen LogP contribution in [0.1, 0.15) is 23.0 Å². The number of ether oxygens (including phenoxy) is 1. The van der Waals surface area contributed by atoms with Crippen LogP contribution in [0.3, 0.4) is 0 Å². The van der Waals surface area contributed by atoms with Crippen molar-refractivity contribution in [2.75, 3.05) is 13.7 Å². The number of hydrogen-bond donors (Lipinski definition) is 0. The molecule has 0 atom stereocenters. The average Bonchev–Trinajstić information content (AvgIpc) is 3.40. The Morgan fingerprint density at radius 2 is 1.97 bits per heavy atom. The molecule has 1 amide bonds. The van der Waals surface area contributed by atoms with Crippen LogP contribution >= 0.6 is 39.3 Å². The van der Waals surface area contributed by atoms with Crippen LogP contribution in [0.15, 0.2) is 73.4 Å². The van der Waals surface area contributed by atoms with Gasteiger partial charge in [-0.1, -0.05) is 23.7 Å². The first-order valence-electron chi connectivity index (χ1n) is 9.93. The van der Waals surface area contributed by atoms with Crippen LogP contribution < -0.4 is 0 Å². The van der Waals surface area contributed by atoms with Crippen LogP contribution in [0.2, 0.25) is 5.02 Å². The van der Waals surface area contributed by atoms with Gasteiger partial charge in [0.25, 0.3) is 5.91 Å². The van der Waals surface area contributed by atoms with E-state index in [0.29, 0.717) is 44.4 Å². The highest BCUT2D eigenvalue weighted by Gasteiger charge is 2.32. The van der Waals surface area contributed by atoms with Gasteiger partial charge in [0, 0.05) is 22.7 Å². The predicted molar refractivity (Wildman–Crippen MR) is 135 cm³/mol. The number of nitrogens with zero attached hydrogens (tertiary/aromatic N) is 2. The topological polar surface area (TPSA) is 72.1 Å². The minimum Gasteiger partial charge on any atom is -0.465 e. The van der Waals surface area contributed by atoms with Crippen LogP contribution in [0.5, 0.6) is 0 Å². The molecule has 2 heterocycles. The van der Waals surface area contributed by atoms with E-state index in [2.05, 4.69) is 20.9 Å². The summed E-state index contributed by atoms with van der Waals surface area (Å²) in [6.07, 6.45) is 1.71. The first-order chi connectivity index (χ1) is 15.9. The molecule has 6 nitrogen and oxygen atoms in total. The van der Waals surface area contributed by atoms with Gasteiger partial charge in [0.1, 0.15) is 11.5 Å². The van der Waals surface area contributed by atoms with Crippen LogP contribution in [0, 0.1) is 0 Å². The van der Waals surface area contributed by atoms with Crippen LogP contribution in [0.4, 0.5) is 5.69 Å². The summed E-state index contributed by atoms with van der Waals surface area (Å²) in [5.41, 5.74) is 1.93. The molecule has 0 unspecified atom stereocenters. The molecule has 0 aliphatic carbocycles. The number of hydrogen-bond acceptors (Lipinski definition) is 6. The van der Waals surface area contributed by atoms with E-state index in [1.807, 2.05) is 25.1 Å². The number of esters is 1. The largest absolute Gasteiger partial charge is 0.465 e. The molecule has 4 rings (SSSR count).